The van der Waals surface area contributed by atoms with Crippen molar-refractivity contribution in [2.75, 3.05) is 0 Å². The van der Waals surface area contributed by atoms with Crippen LogP contribution in [0.3, 0.4) is 0 Å². The van der Waals surface area contributed by atoms with Crippen molar-refractivity contribution in [1.82, 2.24) is 0 Å². The van der Waals surface area contributed by atoms with Crippen molar-refractivity contribution in [2.24, 2.45) is 5.92 Å². The average molecular weight is 266 g/mol. The first-order valence-corrected chi connectivity index (χ1v) is 6.63. The molecule has 2 aromatic rings. The number of hydrogen-bond donors (Lipinski definition) is 1. The number of rotatable bonds is 4. The van der Waals surface area contributed by atoms with Crippen molar-refractivity contribution >= 4 is 11.8 Å². The molecule has 1 fully saturated rings. The summed E-state index contributed by atoms with van der Waals surface area (Å²) in [7, 11) is 0. The number of carbonyl (C=O) groups is 2. The summed E-state index contributed by atoms with van der Waals surface area (Å²) >= 11 is 0. The van der Waals surface area contributed by atoms with E-state index >= 15 is 0 Å². The minimum absolute atomic E-state index is 0.232. The maximum atomic E-state index is 11.9. The maximum Gasteiger partial charge on any atom is 0.335 e. The third-order valence-corrected chi connectivity index (χ3v) is 3.58. The van der Waals surface area contributed by atoms with E-state index in [1.54, 1.807) is 24.3 Å². The monoisotopic (exact) mass is 266 g/mol. The lowest BCUT2D eigenvalue weighted by molar-refractivity contribution is 0.0696. The molecule has 0 atom stereocenters. The zero-order chi connectivity index (χ0) is 14.1. The van der Waals surface area contributed by atoms with E-state index in [2.05, 4.69) is 0 Å². The summed E-state index contributed by atoms with van der Waals surface area (Å²) in [4.78, 5) is 22.7. The number of Topliss-reactive ketones (excluding diaryl/α,β-unsaturated/α-hetero) is 1. The zero-order valence-corrected chi connectivity index (χ0v) is 10.9. The maximum absolute atomic E-state index is 11.9. The second-order valence-electron chi connectivity index (χ2n) is 5.10. The fourth-order valence-electron chi connectivity index (χ4n) is 2.21. The summed E-state index contributed by atoms with van der Waals surface area (Å²) < 4.78 is 0. The van der Waals surface area contributed by atoms with Crippen LogP contribution in [0.2, 0.25) is 0 Å². The quantitative estimate of drug-likeness (QED) is 0.859. The van der Waals surface area contributed by atoms with Gasteiger partial charge in [-0.25, -0.2) is 4.79 Å². The third kappa shape index (κ3) is 2.48. The zero-order valence-electron chi connectivity index (χ0n) is 10.9. The smallest absolute Gasteiger partial charge is 0.335 e. The van der Waals surface area contributed by atoms with Gasteiger partial charge < -0.3 is 5.11 Å². The van der Waals surface area contributed by atoms with Crippen LogP contribution in [-0.2, 0) is 0 Å². The highest BCUT2D eigenvalue weighted by Crippen LogP contribution is 2.33. The number of carboxylic acids is 1. The summed E-state index contributed by atoms with van der Waals surface area (Å²) in [5.41, 5.74) is 2.96. The molecule has 1 aliphatic rings. The lowest BCUT2D eigenvalue weighted by atomic mass is 10.0. The van der Waals surface area contributed by atoms with Crippen molar-refractivity contribution in [2.45, 2.75) is 12.8 Å². The first-order valence-electron chi connectivity index (χ1n) is 6.63. The molecular formula is C17H14O3. The molecule has 0 aromatic heterocycles. The molecule has 3 rings (SSSR count). The van der Waals surface area contributed by atoms with Crippen molar-refractivity contribution in [3.63, 3.8) is 0 Å². The Balaban J connectivity index is 1.83. The van der Waals surface area contributed by atoms with Gasteiger partial charge in [-0.15, -0.1) is 0 Å². The third-order valence-electron chi connectivity index (χ3n) is 3.58. The Morgan fingerprint density at radius 3 is 1.65 bits per heavy atom. The van der Waals surface area contributed by atoms with Crippen LogP contribution in [0.4, 0.5) is 0 Å². The van der Waals surface area contributed by atoms with E-state index in [1.165, 1.54) is 0 Å². The van der Waals surface area contributed by atoms with Gasteiger partial charge in [-0.1, -0.05) is 36.4 Å². The van der Waals surface area contributed by atoms with Gasteiger partial charge in [0.05, 0.1) is 5.56 Å². The van der Waals surface area contributed by atoms with Crippen molar-refractivity contribution in [3.05, 3.63) is 59.7 Å². The van der Waals surface area contributed by atoms with Crippen molar-refractivity contribution in [3.8, 4) is 11.1 Å². The molecule has 100 valence electrons. The summed E-state index contributed by atoms with van der Waals surface area (Å²) in [6, 6.07) is 14.2. The van der Waals surface area contributed by atoms with Crippen LogP contribution in [0.25, 0.3) is 11.1 Å². The Labute approximate surface area is 116 Å². The molecule has 0 heterocycles. The van der Waals surface area contributed by atoms with Crippen LogP contribution in [0, 0.1) is 5.92 Å². The highest BCUT2D eigenvalue weighted by atomic mass is 16.4. The van der Waals surface area contributed by atoms with Crippen LogP contribution in [0.15, 0.2) is 48.5 Å². The Morgan fingerprint density at radius 1 is 0.800 bits per heavy atom. The molecule has 0 spiro atoms. The van der Waals surface area contributed by atoms with Gasteiger partial charge in [0, 0.05) is 11.5 Å². The van der Waals surface area contributed by atoms with E-state index in [4.69, 9.17) is 5.11 Å². The Hall–Kier alpha value is -2.42. The lowest BCUT2D eigenvalue weighted by Gasteiger charge is -2.04. The van der Waals surface area contributed by atoms with Gasteiger partial charge in [-0.05, 0) is 36.1 Å². The first kappa shape index (κ1) is 12.6. The molecule has 1 aliphatic carbocycles. The summed E-state index contributed by atoms with van der Waals surface area (Å²) in [6.07, 6.45) is 2.02. The molecule has 3 heteroatoms. The highest BCUT2D eigenvalue weighted by Gasteiger charge is 2.30. The van der Waals surface area contributed by atoms with Crippen LogP contribution in [0.1, 0.15) is 33.6 Å². The van der Waals surface area contributed by atoms with Gasteiger partial charge in [0.1, 0.15) is 0 Å². The van der Waals surface area contributed by atoms with Crippen molar-refractivity contribution in [1.29, 1.82) is 0 Å². The van der Waals surface area contributed by atoms with Crippen LogP contribution < -0.4 is 0 Å². The van der Waals surface area contributed by atoms with E-state index < -0.39 is 5.97 Å². The van der Waals surface area contributed by atoms with Crippen molar-refractivity contribution < 1.29 is 14.7 Å². The molecule has 0 unspecified atom stereocenters. The van der Waals surface area contributed by atoms with Gasteiger partial charge in [0.15, 0.2) is 5.78 Å². The summed E-state index contributed by atoms with van der Waals surface area (Å²) in [6.45, 7) is 0. The molecule has 3 nitrogen and oxygen atoms in total. The predicted octanol–water partition coefficient (Wildman–Crippen LogP) is 3.64. The largest absolute Gasteiger partial charge is 0.478 e. The molecular weight excluding hydrogens is 252 g/mol. The molecule has 20 heavy (non-hydrogen) atoms. The molecule has 0 saturated heterocycles. The highest BCUT2D eigenvalue weighted by molar-refractivity contribution is 5.99. The van der Waals surface area contributed by atoms with Gasteiger partial charge >= 0.3 is 5.97 Å². The van der Waals surface area contributed by atoms with E-state index in [1.807, 2.05) is 24.3 Å². The topological polar surface area (TPSA) is 54.4 Å². The Kier molecular flexibility index (Phi) is 3.11. The van der Waals surface area contributed by atoms with Crippen LogP contribution in [0.5, 0.6) is 0 Å². The fourth-order valence-corrected chi connectivity index (χ4v) is 2.21. The number of aromatic carboxylic acids is 1. The second kappa shape index (κ2) is 4.93. The second-order valence-corrected chi connectivity index (χ2v) is 5.10. The van der Waals surface area contributed by atoms with E-state index in [0.29, 0.717) is 0 Å². The minimum atomic E-state index is -0.929. The number of carbonyl (C=O) groups excluding carboxylic acids is 1. The standard InChI is InChI=1S/C17H14O3/c18-16(14-7-8-14)13-5-1-11(2-6-13)12-3-9-15(10-4-12)17(19)20/h1-6,9-10,14H,7-8H2,(H,19,20). The number of hydrogen-bond acceptors (Lipinski definition) is 2. The molecule has 0 bridgehead atoms. The van der Waals surface area contributed by atoms with E-state index in [-0.39, 0.29) is 17.3 Å². The Morgan fingerprint density at radius 2 is 1.25 bits per heavy atom. The Bertz CT molecular complexity index is 650. The average Bonchev–Trinajstić information content (AvgIpc) is 3.31. The molecule has 1 saturated carbocycles. The predicted molar refractivity (Wildman–Crippen MR) is 75.9 cm³/mol. The van der Waals surface area contributed by atoms with Gasteiger partial charge in [0.2, 0.25) is 0 Å². The molecule has 0 radical (unpaired) electrons. The van der Waals surface area contributed by atoms with Crippen LogP contribution >= 0.6 is 0 Å². The number of ketones is 1. The molecule has 2 aromatic carbocycles. The van der Waals surface area contributed by atoms with E-state index in [0.717, 1.165) is 29.5 Å². The van der Waals surface area contributed by atoms with Gasteiger partial charge in [-0.2, -0.15) is 0 Å². The summed E-state index contributed by atoms with van der Waals surface area (Å²) in [5, 5.41) is 8.86. The summed E-state index contributed by atoms with van der Waals surface area (Å²) in [5.74, 6) is -0.463. The fraction of sp³-hybridized carbons (Fsp3) is 0.176. The molecule has 1 N–H and O–H groups in total. The molecule has 0 amide bonds. The first-order chi connectivity index (χ1) is 9.65. The molecule has 0 aliphatic heterocycles. The van der Waals surface area contributed by atoms with Gasteiger partial charge in [0.25, 0.3) is 0 Å². The van der Waals surface area contributed by atoms with Crippen LogP contribution in [-0.4, -0.2) is 16.9 Å². The normalized spacial score (nSPS) is 14.0. The minimum Gasteiger partial charge on any atom is -0.478 e. The number of benzene rings is 2. The van der Waals surface area contributed by atoms with Gasteiger partial charge in [-0.3, -0.25) is 4.79 Å². The lowest BCUT2D eigenvalue weighted by Crippen LogP contribution is -2.00. The number of carboxylic acid groups (broad SMARTS) is 1. The van der Waals surface area contributed by atoms with E-state index in [9.17, 15) is 9.59 Å². The SMILES string of the molecule is O=C(O)c1ccc(-c2ccc(C(=O)C3CC3)cc2)cc1.